The fourth-order valence-electron chi connectivity index (χ4n) is 4.69. The maximum Gasteiger partial charge on any atom is 0.232 e. The molecule has 2 fully saturated rings. The van der Waals surface area contributed by atoms with Crippen LogP contribution in [0.5, 0.6) is 11.6 Å². The number of hydrogen-bond donors (Lipinski definition) is 1. The first-order valence-corrected chi connectivity index (χ1v) is 12.2. The number of halogens is 1. The highest BCUT2D eigenvalue weighted by atomic mass is 19.1. The molecule has 0 bridgehead atoms. The molecule has 7 nitrogen and oxygen atoms in total. The zero-order valence-corrected chi connectivity index (χ0v) is 19.8. The number of hydrogen-bond acceptors (Lipinski definition) is 6. The first-order chi connectivity index (χ1) is 17.0. The van der Waals surface area contributed by atoms with Crippen LogP contribution in [0.1, 0.15) is 30.3 Å². The molecule has 0 spiro atoms. The number of anilines is 2. The van der Waals surface area contributed by atoms with Crippen LogP contribution in [0, 0.1) is 5.82 Å². The molecule has 1 aliphatic carbocycles. The molecule has 4 aromatic rings. The summed E-state index contributed by atoms with van der Waals surface area (Å²) in [5.41, 5.74) is 8.91. The van der Waals surface area contributed by atoms with Crippen molar-refractivity contribution in [3.05, 3.63) is 71.9 Å². The number of aromatic nitrogens is 3. The minimum absolute atomic E-state index is 0.203. The summed E-state index contributed by atoms with van der Waals surface area (Å²) in [6.07, 6.45) is 4.76. The van der Waals surface area contributed by atoms with Crippen molar-refractivity contribution in [2.45, 2.75) is 25.3 Å². The lowest BCUT2D eigenvalue weighted by Crippen LogP contribution is -2.44. The van der Waals surface area contributed by atoms with Crippen molar-refractivity contribution >= 4 is 22.4 Å². The van der Waals surface area contributed by atoms with Gasteiger partial charge in [-0.05, 0) is 55.8 Å². The van der Waals surface area contributed by atoms with Crippen LogP contribution in [0.15, 0.2) is 54.7 Å². The van der Waals surface area contributed by atoms with E-state index < -0.39 is 0 Å². The van der Waals surface area contributed by atoms with Gasteiger partial charge in [0.2, 0.25) is 5.88 Å². The van der Waals surface area contributed by atoms with Gasteiger partial charge in [-0.1, -0.05) is 12.1 Å². The first kappa shape index (κ1) is 21.9. The Morgan fingerprint density at radius 2 is 1.86 bits per heavy atom. The molecule has 180 valence electrons. The molecule has 0 amide bonds. The van der Waals surface area contributed by atoms with E-state index in [1.165, 1.54) is 0 Å². The van der Waals surface area contributed by atoms with Crippen molar-refractivity contribution in [2.75, 3.05) is 43.9 Å². The van der Waals surface area contributed by atoms with Crippen LogP contribution in [0.3, 0.4) is 0 Å². The molecule has 1 aliphatic heterocycles. The third kappa shape index (κ3) is 4.53. The molecule has 0 unspecified atom stereocenters. The number of likely N-dealkylation sites (N-methyl/N-ethyl adjacent to an activating group) is 1. The molecule has 0 atom stereocenters. The van der Waals surface area contributed by atoms with Crippen molar-refractivity contribution in [3.8, 4) is 11.6 Å². The predicted molar refractivity (Wildman–Crippen MR) is 136 cm³/mol. The average Bonchev–Trinajstić information content (AvgIpc) is 3.59. The van der Waals surface area contributed by atoms with Gasteiger partial charge in [0.25, 0.3) is 0 Å². The normalized spacial score (nSPS) is 16.7. The highest BCUT2D eigenvalue weighted by molar-refractivity contribution is 5.82. The summed E-state index contributed by atoms with van der Waals surface area (Å²) in [6.45, 7) is 3.53. The zero-order chi connectivity index (χ0) is 23.9. The summed E-state index contributed by atoms with van der Waals surface area (Å²) >= 11 is 0. The fourth-order valence-corrected chi connectivity index (χ4v) is 4.69. The average molecular weight is 473 g/mol. The lowest BCUT2D eigenvalue weighted by Gasteiger charge is -2.34. The molecule has 6 rings (SSSR count). The Balaban J connectivity index is 1.31. The molecular weight excluding hydrogens is 443 g/mol. The van der Waals surface area contributed by atoms with Gasteiger partial charge < -0.3 is 24.8 Å². The predicted octanol–water partition coefficient (Wildman–Crippen LogP) is 4.62. The lowest BCUT2D eigenvalue weighted by molar-refractivity contribution is 0.311. The van der Waals surface area contributed by atoms with E-state index in [1.807, 2.05) is 36.4 Å². The molecule has 1 saturated carbocycles. The van der Waals surface area contributed by atoms with Gasteiger partial charge in [0.15, 0.2) is 0 Å². The van der Waals surface area contributed by atoms with Crippen LogP contribution >= 0.6 is 0 Å². The molecule has 0 radical (unpaired) electrons. The third-order valence-electron chi connectivity index (χ3n) is 6.81. The van der Waals surface area contributed by atoms with Crippen LogP contribution < -0.4 is 15.4 Å². The van der Waals surface area contributed by atoms with Gasteiger partial charge in [-0.25, -0.2) is 9.37 Å². The molecule has 2 aliphatic rings. The molecule has 35 heavy (non-hydrogen) atoms. The Labute approximate surface area is 203 Å². The highest BCUT2D eigenvalue weighted by Crippen LogP contribution is 2.39. The second kappa shape index (κ2) is 8.85. The van der Waals surface area contributed by atoms with Crippen LogP contribution in [-0.2, 0) is 6.42 Å². The van der Waals surface area contributed by atoms with Crippen molar-refractivity contribution in [1.82, 2.24) is 19.4 Å². The van der Waals surface area contributed by atoms with Gasteiger partial charge in [0, 0.05) is 56.6 Å². The summed E-state index contributed by atoms with van der Waals surface area (Å²) in [6, 6.07) is 15.2. The lowest BCUT2D eigenvalue weighted by atomic mass is 10.1. The summed E-state index contributed by atoms with van der Waals surface area (Å²) in [5.74, 6) is 1.51. The smallest absolute Gasteiger partial charge is 0.232 e. The molecular formula is C27H29FN6O. The molecule has 8 heteroatoms. The largest absolute Gasteiger partial charge is 0.438 e. The Morgan fingerprint density at radius 3 is 2.60 bits per heavy atom. The van der Waals surface area contributed by atoms with Crippen molar-refractivity contribution in [1.29, 1.82) is 0 Å². The second-order valence-electron chi connectivity index (χ2n) is 9.56. The molecule has 1 saturated heterocycles. The van der Waals surface area contributed by atoms with E-state index in [0.717, 1.165) is 55.6 Å². The minimum Gasteiger partial charge on any atom is -0.438 e. The van der Waals surface area contributed by atoms with Crippen molar-refractivity contribution < 1.29 is 9.13 Å². The van der Waals surface area contributed by atoms with E-state index in [-0.39, 0.29) is 5.82 Å². The third-order valence-corrected chi connectivity index (χ3v) is 6.81. The number of piperazine rings is 1. The van der Waals surface area contributed by atoms with Crippen molar-refractivity contribution in [3.63, 3.8) is 0 Å². The number of nitrogens with two attached hydrogens (primary N) is 1. The van der Waals surface area contributed by atoms with E-state index in [4.69, 9.17) is 20.4 Å². The van der Waals surface area contributed by atoms with Gasteiger partial charge in [-0.3, -0.25) is 0 Å². The fraction of sp³-hybridized carbons (Fsp3) is 0.333. The standard InChI is InChI=1S/C27H29FN6O/c1-32-11-13-33(14-12-32)24-8-5-18(15-23(24)28)16-25-30-26-22(9-10-34(26)20-6-7-20)27(31-25)35-21-4-2-3-19(29)17-21/h2-5,8-10,15,17,20H,6-7,11-14,16,29H2,1H3. The van der Waals surface area contributed by atoms with E-state index in [2.05, 4.69) is 27.6 Å². The summed E-state index contributed by atoms with van der Waals surface area (Å²) in [4.78, 5) is 14.0. The number of rotatable bonds is 6. The molecule has 2 aromatic heterocycles. The number of nitrogens with zero attached hydrogens (tertiary/aromatic N) is 5. The maximum atomic E-state index is 15.1. The highest BCUT2D eigenvalue weighted by Gasteiger charge is 2.26. The first-order valence-electron chi connectivity index (χ1n) is 12.2. The van der Waals surface area contributed by atoms with E-state index >= 15 is 4.39 Å². The second-order valence-corrected chi connectivity index (χ2v) is 9.56. The monoisotopic (exact) mass is 472 g/mol. The minimum atomic E-state index is -0.203. The van der Waals surface area contributed by atoms with Crippen LogP contribution in [0.4, 0.5) is 15.8 Å². The number of fused-ring (bicyclic) bond motifs is 1. The summed E-state index contributed by atoms with van der Waals surface area (Å²) in [5, 5.41) is 0.861. The quantitative estimate of drug-likeness (QED) is 0.413. The van der Waals surface area contributed by atoms with Gasteiger partial charge >= 0.3 is 0 Å². The summed E-state index contributed by atoms with van der Waals surface area (Å²) < 4.78 is 23.4. The van der Waals surface area contributed by atoms with E-state index in [1.54, 1.807) is 12.1 Å². The van der Waals surface area contributed by atoms with Gasteiger partial charge in [-0.2, -0.15) is 4.98 Å². The van der Waals surface area contributed by atoms with Crippen molar-refractivity contribution in [2.24, 2.45) is 0 Å². The zero-order valence-electron chi connectivity index (χ0n) is 19.8. The molecule has 2 aromatic carbocycles. The number of benzene rings is 2. The van der Waals surface area contributed by atoms with Gasteiger partial charge in [0.1, 0.15) is 23.0 Å². The topological polar surface area (TPSA) is 72.4 Å². The maximum absolute atomic E-state index is 15.1. The van der Waals surface area contributed by atoms with Crippen LogP contribution in [0.2, 0.25) is 0 Å². The Morgan fingerprint density at radius 1 is 1.03 bits per heavy atom. The summed E-state index contributed by atoms with van der Waals surface area (Å²) in [7, 11) is 2.10. The molecule has 2 N–H and O–H groups in total. The Hall–Kier alpha value is -3.65. The SMILES string of the molecule is CN1CCN(c2ccc(Cc3nc(Oc4cccc(N)c4)c4ccn(C5CC5)c4n3)cc2F)CC1. The van der Waals surface area contributed by atoms with Gasteiger partial charge in [0.05, 0.1) is 11.1 Å². The number of nitrogen functional groups attached to an aromatic ring is 1. The van der Waals surface area contributed by atoms with Crippen LogP contribution in [0.25, 0.3) is 11.0 Å². The van der Waals surface area contributed by atoms with Gasteiger partial charge in [-0.15, -0.1) is 0 Å². The van der Waals surface area contributed by atoms with E-state index in [9.17, 15) is 0 Å². The van der Waals surface area contributed by atoms with E-state index in [0.29, 0.717) is 41.3 Å². The molecule has 3 heterocycles. The Kier molecular flexibility index (Phi) is 5.53. The number of ether oxygens (including phenoxy) is 1. The Bertz CT molecular complexity index is 1370. The van der Waals surface area contributed by atoms with Crippen LogP contribution in [-0.4, -0.2) is 52.7 Å².